The maximum absolute atomic E-state index is 14.9. The summed E-state index contributed by atoms with van der Waals surface area (Å²) in [5, 5.41) is 10.7. The topological polar surface area (TPSA) is 137 Å². The summed E-state index contributed by atoms with van der Waals surface area (Å²) in [7, 11) is -3.07. The second-order valence-corrected chi connectivity index (χ2v) is 19.1. The van der Waals surface area contributed by atoms with Gasteiger partial charge in [0.1, 0.15) is 0 Å². The Labute approximate surface area is 302 Å². The monoisotopic (exact) mass is 731 g/mol. The lowest BCUT2D eigenvalue weighted by molar-refractivity contribution is -0.154. The minimum Gasteiger partial charge on any atom is -0.441 e. The predicted molar refractivity (Wildman–Crippen MR) is 192 cm³/mol. The highest BCUT2D eigenvalue weighted by Crippen LogP contribution is 2.60. The number of carbonyl (C=O) groups excluding carboxylic acids is 4. The van der Waals surface area contributed by atoms with Crippen LogP contribution in [0.1, 0.15) is 48.9 Å². The van der Waals surface area contributed by atoms with E-state index in [0.717, 1.165) is 16.7 Å². The van der Waals surface area contributed by atoms with Gasteiger partial charge in [-0.1, -0.05) is 54.9 Å². The Bertz CT molecular complexity index is 1920. The van der Waals surface area contributed by atoms with Gasteiger partial charge in [-0.05, 0) is 66.5 Å². The van der Waals surface area contributed by atoms with Gasteiger partial charge in [0.25, 0.3) is 5.91 Å². The highest BCUT2D eigenvalue weighted by molar-refractivity contribution is 6.71. The Morgan fingerprint density at radius 1 is 1.04 bits per heavy atom. The first kappa shape index (κ1) is 35.3. The van der Waals surface area contributed by atoms with Crippen molar-refractivity contribution in [2.45, 2.75) is 88.8 Å². The molecule has 3 aromatic carbocycles. The predicted octanol–water partition coefficient (Wildman–Crippen LogP) is 4.65. The van der Waals surface area contributed by atoms with E-state index in [1.54, 1.807) is 46.2 Å². The van der Waals surface area contributed by atoms with Gasteiger partial charge in [-0.3, -0.25) is 24.1 Å². The molecule has 3 aromatic rings. The number of ether oxygens (including phenoxy) is 2. The van der Waals surface area contributed by atoms with Crippen molar-refractivity contribution in [2.75, 3.05) is 16.4 Å². The number of carbonyl (C=O) groups is 4. The minimum atomic E-state index is -3.07. The second-order valence-electron chi connectivity index (χ2n) is 14.6. The van der Waals surface area contributed by atoms with Gasteiger partial charge >= 0.3 is 5.97 Å². The molecule has 11 nitrogen and oxygen atoms in total. The molecule has 2 fully saturated rings. The van der Waals surface area contributed by atoms with Gasteiger partial charge in [-0.25, -0.2) is 0 Å². The summed E-state index contributed by atoms with van der Waals surface area (Å²) in [6, 6.07) is 19.9. The molecular formula is C38H42ClN3O8Si. The van der Waals surface area contributed by atoms with Crippen LogP contribution in [0.2, 0.25) is 23.7 Å². The van der Waals surface area contributed by atoms with Gasteiger partial charge in [-0.15, -0.1) is 0 Å². The Balaban J connectivity index is 1.20. The zero-order valence-electron chi connectivity index (χ0n) is 29.0. The normalized spacial score (nSPS) is 27.0. The van der Waals surface area contributed by atoms with E-state index >= 15 is 0 Å². The standard InChI is InChI=1S/C38H42ClN3O8Si/c1-22-36(51(3,4)48)32(17-33(45)40-20-26-10-6-5-9-25(26)15-29(40)21-43)50-38(22)30-16-27(39)12-13-31(30)41(37(38)47)19-24-8-7-11-28(14-24)42-34(46)18-35(42)49-23(2)44/h5-14,16,22,29,32,35-36,43,48H,15,17-21H2,1-4H3/t22-,29+,32+,35?,36-,38+/m1/s1. The van der Waals surface area contributed by atoms with E-state index in [0.29, 0.717) is 34.9 Å². The van der Waals surface area contributed by atoms with Gasteiger partial charge in [0, 0.05) is 41.2 Å². The molecule has 0 saturated carbocycles. The first-order valence-corrected chi connectivity index (χ1v) is 20.7. The molecule has 4 aliphatic rings. The molecule has 0 bridgehead atoms. The van der Waals surface area contributed by atoms with Crippen molar-refractivity contribution in [3.63, 3.8) is 0 Å². The van der Waals surface area contributed by atoms with Gasteiger partial charge in [0.2, 0.25) is 11.8 Å². The van der Waals surface area contributed by atoms with Crippen molar-refractivity contribution in [2.24, 2.45) is 5.92 Å². The molecule has 3 amide bonds. The van der Waals surface area contributed by atoms with Crippen LogP contribution in [0, 0.1) is 5.92 Å². The molecule has 4 heterocycles. The molecule has 1 spiro atoms. The van der Waals surface area contributed by atoms with E-state index in [1.165, 1.54) is 11.8 Å². The van der Waals surface area contributed by atoms with Gasteiger partial charge in [0.05, 0.1) is 43.8 Å². The Morgan fingerprint density at radius 2 is 1.78 bits per heavy atom. The van der Waals surface area contributed by atoms with Gasteiger partial charge in [0.15, 0.2) is 20.1 Å². The minimum absolute atomic E-state index is 0.0645. The van der Waals surface area contributed by atoms with Crippen molar-refractivity contribution in [3.8, 4) is 0 Å². The lowest BCUT2D eigenvalue weighted by Gasteiger charge is -2.39. The quantitative estimate of drug-likeness (QED) is 0.194. The third-order valence-corrected chi connectivity index (χ3v) is 13.7. The fourth-order valence-electron chi connectivity index (χ4n) is 8.71. The third-order valence-electron chi connectivity index (χ3n) is 10.9. The largest absolute Gasteiger partial charge is 0.441 e. The van der Waals surface area contributed by atoms with Crippen LogP contribution < -0.4 is 9.80 Å². The zero-order chi connectivity index (χ0) is 36.4. The second kappa shape index (κ2) is 13.2. The lowest BCUT2D eigenvalue weighted by atomic mass is 9.82. The van der Waals surface area contributed by atoms with Crippen molar-refractivity contribution in [1.29, 1.82) is 0 Å². The number of hydrogen-bond acceptors (Lipinski definition) is 8. The molecule has 0 radical (unpaired) electrons. The number of aliphatic hydroxyl groups excluding tert-OH is 1. The Morgan fingerprint density at radius 3 is 2.47 bits per heavy atom. The number of nitrogens with zero attached hydrogens (tertiary/aromatic N) is 3. The smallest absolute Gasteiger partial charge is 0.304 e. The average molecular weight is 732 g/mol. The number of esters is 1. The maximum Gasteiger partial charge on any atom is 0.304 e. The highest BCUT2D eigenvalue weighted by atomic mass is 35.5. The number of benzene rings is 3. The first-order chi connectivity index (χ1) is 24.2. The molecule has 51 heavy (non-hydrogen) atoms. The summed E-state index contributed by atoms with van der Waals surface area (Å²) in [4.78, 5) is 69.6. The van der Waals surface area contributed by atoms with E-state index < -0.39 is 49.7 Å². The number of anilines is 2. The number of amides is 3. The Kier molecular flexibility index (Phi) is 9.12. The van der Waals surface area contributed by atoms with Crippen LogP contribution in [0.5, 0.6) is 0 Å². The molecule has 268 valence electrons. The first-order valence-electron chi connectivity index (χ1n) is 17.3. The summed E-state index contributed by atoms with van der Waals surface area (Å²) in [5.74, 6) is -1.71. The molecule has 7 rings (SSSR count). The Hall–Kier alpha value is -4.07. The van der Waals surface area contributed by atoms with Crippen molar-refractivity contribution >= 4 is 55.0 Å². The molecule has 4 aliphatic heterocycles. The number of hydrogen-bond donors (Lipinski definition) is 2. The van der Waals surface area contributed by atoms with E-state index in [9.17, 15) is 29.1 Å². The van der Waals surface area contributed by atoms with Crippen molar-refractivity contribution in [3.05, 3.63) is 94.0 Å². The lowest BCUT2D eigenvalue weighted by Crippen LogP contribution is -2.54. The van der Waals surface area contributed by atoms with Crippen LogP contribution >= 0.6 is 11.6 Å². The number of halogens is 1. The average Bonchev–Trinajstić information content (AvgIpc) is 3.49. The molecule has 6 atom stereocenters. The summed E-state index contributed by atoms with van der Waals surface area (Å²) in [5.41, 5.74) is 2.59. The van der Waals surface area contributed by atoms with Crippen LogP contribution in [0.4, 0.5) is 11.4 Å². The van der Waals surface area contributed by atoms with Crippen molar-refractivity contribution in [1.82, 2.24) is 4.90 Å². The third kappa shape index (κ3) is 6.06. The summed E-state index contributed by atoms with van der Waals surface area (Å²) >= 11 is 6.57. The maximum atomic E-state index is 14.9. The van der Waals surface area contributed by atoms with Crippen LogP contribution in [0.3, 0.4) is 0 Å². The van der Waals surface area contributed by atoms with Crippen molar-refractivity contribution < 1.29 is 38.6 Å². The fraction of sp³-hybridized carbons (Fsp3) is 0.421. The van der Waals surface area contributed by atoms with Crippen LogP contribution in [-0.4, -0.2) is 71.8 Å². The van der Waals surface area contributed by atoms with Crippen LogP contribution in [0.25, 0.3) is 0 Å². The van der Waals surface area contributed by atoms with Crippen LogP contribution in [-0.2, 0) is 53.8 Å². The summed E-state index contributed by atoms with van der Waals surface area (Å²) in [6.07, 6.45) is -0.894. The molecule has 13 heteroatoms. The number of aliphatic hydroxyl groups is 1. The van der Waals surface area contributed by atoms with E-state index in [4.69, 9.17) is 21.1 Å². The summed E-state index contributed by atoms with van der Waals surface area (Å²) in [6.45, 7) is 7.13. The highest BCUT2D eigenvalue weighted by Gasteiger charge is 2.66. The number of β-lactam (4-membered cyclic amide) rings is 1. The molecule has 0 aromatic heterocycles. The molecule has 2 N–H and O–H groups in total. The number of fused-ring (bicyclic) bond motifs is 3. The molecule has 2 saturated heterocycles. The van der Waals surface area contributed by atoms with Gasteiger partial charge < -0.3 is 29.2 Å². The van der Waals surface area contributed by atoms with Gasteiger partial charge in [-0.2, -0.15) is 0 Å². The van der Waals surface area contributed by atoms with Crippen LogP contribution in [0.15, 0.2) is 66.7 Å². The van der Waals surface area contributed by atoms with E-state index in [-0.39, 0.29) is 43.7 Å². The zero-order valence-corrected chi connectivity index (χ0v) is 30.8. The SMILES string of the molecule is CC(=O)OC1CC(=O)N1c1cccc(CN2C(=O)[C@@]3(O[C@@H](CC(=O)N4Cc5ccccc5C[C@H]4CO)[C@H]([Si](C)(C)O)[C@H]3C)c3cc(Cl)ccc32)c1. The van der Waals surface area contributed by atoms with E-state index in [1.807, 2.05) is 50.3 Å². The molecule has 1 unspecified atom stereocenters. The summed E-state index contributed by atoms with van der Waals surface area (Å²) < 4.78 is 12.2. The fourth-order valence-corrected chi connectivity index (χ4v) is 11.4. The van der Waals surface area contributed by atoms with E-state index in [2.05, 4.69) is 0 Å². The molecular weight excluding hydrogens is 690 g/mol. The number of rotatable bonds is 8. The molecule has 0 aliphatic carbocycles.